The molecule has 1 N–H and O–H groups in total. The summed E-state index contributed by atoms with van der Waals surface area (Å²) >= 11 is 4.53. The molecule has 0 radical (unpaired) electrons. The van der Waals surface area contributed by atoms with E-state index in [-0.39, 0.29) is 11.6 Å². The zero-order chi connectivity index (χ0) is 20.1. The van der Waals surface area contributed by atoms with Crippen LogP contribution in [-0.2, 0) is 17.0 Å². The third-order valence-corrected chi connectivity index (χ3v) is 5.72. The molecule has 1 heterocycles. The molecule has 0 aliphatic carbocycles. The Morgan fingerprint density at radius 3 is 2.71 bits per heavy atom. The Morgan fingerprint density at radius 2 is 2.04 bits per heavy atom. The van der Waals surface area contributed by atoms with E-state index in [9.17, 15) is 9.18 Å². The number of anilines is 1. The summed E-state index contributed by atoms with van der Waals surface area (Å²) in [6, 6.07) is 12.5. The van der Waals surface area contributed by atoms with Crippen molar-refractivity contribution in [1.29, 1.82) is 0 Å². The Hall–Kier alpha value is -2.19. The number of nitrogens with one attached hydrogen (secondary N) is 1. The number of amides is 1. The van der Waals surface area contributed by atoms with Crippen LogP contribution in [-0.4, -0.2) is 21.3 Å². The van der Waals surface area contributed by atoms with Gasteiger partial charge in [-0.15, -0.1) is 11.8 Å². The van der Waals surface area contributed by atoms with E-state index in [0.717, 1.165) is 12.0 Å². The molecule has 0 bridgehead atoms. The van der Waals surface area contributed by atoms with Crippen LogP contribution in [0.15, 0.2) is 51.5 Å². The lowest BCUT2D eigenvalue weighted by atomic mass is 10.1. The van der Waals surface area contributed by atoms with E-state index in [2.05, 4.69) is 38.3 Å². The molecule has 146 valence electrons. The molecule has 0 spiro atoms. The zero-order valence-corrected chi connectivity index (χ0v) is 17.8. The summed E-state index contributed by atoms with van der Waals surface area (Å²) in [5, 5.41) is 6.18. The number of hydrogen-bond acceptors (Lipinski definition) is 5. The summed E-state index contributed by atoms with van der Waals surface area (Å²) in [7, 11) is 0. The van der Waals surface area contributed by atoms with E-state index < -0.39 is 11.1 Å². The van der Waals surface area contributed by atoms with Crippen molar-refractivity contribution in [3.8, 4) is 11.4 Å². The maximum absolute atomic E-state index is 13.9. The van der Waals surface area contributed by atoms with Gasteiger partial charge >= 0.3 is 0 Å². The van der Waals surface area contributed by atoms with Crippen molar-refractivity contribution in [2.75, 3.05) is 5.32 Å². The van der Waals surface area contributed by atoms with Crippen molar-refractivity contribution in [2.45, 2.75) is 31.3 Å². The first-order valence-electron chi connectivity index (χ1n) is 8.75. The van der Waals surface area contributed by atoms with Gasteiger partial charge in [0.15, 0.2) is 0 Å². The SMILES string of the molecule is CCc1ccc(-c2noc(CSC(C)C(=O)Nc3ccc(Br)cc3F)n2)cc1. The normalized spacial score (nSPS) is 12.0. The lowest BCUT2D eigenvalue weighted by molar-refractivity contribution is -0.115. The number of nitrogens with zero attached hydrogens (tertiary/aromatic N) is 2. The van der Waals surface area contributed by atoms with Crippen LogP contribution in [0.3, 0.4) is 0 Å². The van der Waals surface area contributed by atoms with Gasteiger partial charge in [-0.05, 0) is 37.1 Å². The number of carbonyl (C=O) groups is 1. The molecule has 1 amide bonds. The van der Waals surface area contributed by atoms with Crippen molar-refractivity contribution < 1.29 is 13.7 Å². The number of aryl methyl sites for hydroxylation is 1. The molecular weight excluding hydrogens is 445 g/mol. The Bertz CT molecular complexity index is 962. The van der Waals surface area contributed by atoms with Crippen LogP contribution in [0.25, 0.3) is 11.4 Å². The lowest BCUT2D eigenvalue weighted by Gasteiger charge is -2.11. The molecule has 0 fully saturated rings. The Morgan fingerprint density at radius 1 is 1.29 bits per heavy atom. The fourth-order valence-electron chi connectivity index (χ4n) is 2.42. The number of rotatable bonds is 7. The molecular formula is C20H19BrFN3O2S. The van der Waals surface area contributed by atoms with E-state index in [4.69, 9.17) is 4.52 Å². The molecule has 3 aromatic rings. The van der Waals surface area contributed by atoms with Crippen molar-refractivity contribution in [3.05, 3.63) is 64.2 Å². The fourth-order valence-corrected chi connectivity index (χ4v) is 3.47. The highest BCUT2D eigenvalue weighted by Crippen LogP contribution is 2.23. The standard InChI is InChI=1S/C20H19BrFN3O2S/c1-3-13-4-6-14(7-5-13)19-24-18(27-25-19)11-28-12(2)20(26)23-17-9-8-15(21)10-16(17)22/h4-10,12H,3,11H2,1-2H3,(H,23,26). The van der Waals surface area contributed by atoms with E-state index >= 15 is 0 Å². The summed E-state index contributed by atoms with van der Waals surface area (Å²) in [6.07, 6.45) is 0.971. The third kappa shape index (κ3) is 5.20. The molecule has 2 aromatic carbocycles. The quantitative estimate of drug-likeness (QED) is 0.503. The Kier molecular flexibility index (Phi) is 6.85. The maximum atomic E-state index is 13.9. The van der Waals surface area contributed by atoms with Gasteiger partial charge in [0, 0.05) is 10.0 Å². The number of aromatic nitrogens is 2. The van der Waals surface area contributed by atoms with Crippen LogP contribution in [0.5, 0.6) is 0 Å². The van der Waals surface area contributed by atoms with Crippen molar-refractivity contribution in [1.82, 2.24) is 10.1 Å². The lowest BCUT2D eigenvalue weighted by Crippen LogP contribution is -2.23. The minimum Gasteiger partial charge on any atom is -0.338 e. The second kappa shape index (κ2) is 9.34. The number of halogens is 2. The summed E-state index contributed by atoms with van der Waals surface area (Å²) < 4.78 is 19.7. The highest BCUT2D eigenvalue weighted by molar-refractivity contribution is 9.10. The van der Waals surface area contributed by atoms with Crippen LogP contribution in [0.1, 0.15) is 25.3 Å². The van der Waals surface area contributed by atoms with Gasteiger partial charge in [-0.1, -0.05) is 52.3 Å². The van der Waals surface area contributed by atoms with Crippen LogP contribution in [0, 0.1) is 5.82 Å². The minimum absolute atomic E-state index is 0.149. The number of thioether (sulfide) groups is 1. The second-order valence-electron chi connectivity index (χ2n) is 6.13. The third-order valence-electron chi connectivity index (χ3n) is 4.10. The van der Waals surface area contributed by atoms with Gasteiger partial charge in [-0.3, -0.25) is 4.79 Å². The van der Waals surface area contributed by atoms with Crippen molar-refractivity contribution >= 4 is 39.3 Å². The van der Waals surface area contributed by atoms with E-state index in [0.29, 0.717) is 21.9 Å². The molecule has 0 aliphatic heterocycles. The summed E-state index contributed by atoms with van der Waals surface area (Å²) in [5.41, 5.74) is 2.27. The molecule has 3 rings (SSSR count). The van der Waals surface area contributed by atoms with Gasteiger partial charge in [0.2, 0.25) is 17.6 Å². The zero-order valence-electron chi connectivity index (χ0n) is 15.4. The number of benzene rings is 2. The average molecular weight is 464 g/mol. The minimum atomic E-state index is -0.490. The van der Waals surface area contributed by atoms with Crippen LogP contribution >= 0.6 is 27.7 Å². The monoisotopic (exact) mass is 463 g/mol. The smallest absolute Gasteiger partial charge is 0.237 e. The first-order valence-corrected chi connectivity index (χ1v) is 10.6. The molecule has 0 aliphatic rings. The van der Waals surface area contributed by atoms with Gasteiger partial charge in [-0.25, -0.2) is 4.39 Å². The van der Waals surface area contributed by atoms with Crippen molar-refractivity contribution in [2.24, 2.45) is 0 Å². The van der Waals surface area contributed by atoms with E-state index in [1.165, 1.54) is 29.5 Å². The molecule has 1 atom stereocenters. The molecule has 8 heteroatoms. The van der Waals surface area contributed by atoms with Gasteiger partial charge in [0.1, 0.15) is 5.82 Å². The van der Waals surface area contributed by atoms with Gasteiger partial charge < -0.3 is 9.84 Å². The summed E-state index contributed by atoms with van der Waals surface area (Å²) in [5.74, 6) is 0.565. The largest absolute Gasteiger partial charge is 0.338 e. The first-order chi connectivity index (χ1) is 13.5. The molecule has 5 nitrogen and oxygen atoms in total. The highest BCUT2D eigenvalue weighted by Gasteiger charge is 2.17. The number of carbonyl (C=O) groups excluding carboxylic acids is 1. The van der Waals surface area contributed by atoms with Gasteiger partial charge in [0.05, 0.1) is 16.7 Å². The Balaban J connectivity index is 1.56. The molecule has 1 unspecified atom stereocenters. The molecule has 28 heavy (non-hydrogen) atoms. The summed E-state index contributed by atoms with van der Waals surface area (Å²) in [4.78, 5) is 16.7. The maximum Gasteiger partial charge on any atom is 0.237 e. The summed E-state index contributed by atoms with van der Waals surface area (Å²) in [6.45, 7) is 3.85. The van der Waals surface area contributed by atoms with Gasteiger partial charge in [-0.2, -0.15) is 4.98 Å². The molecule has 0 saturated heterocycles. The molecule has 1 aromatic heterocycles. The van der Waals surface area contributed by atoms with Crippen LogP contribution < -0.4 is 5.32 Å². The number of hydrogen-bond donors (Lipinski definition) is 1. The van der Waals surface area contributed by atoms with Crippen molar-refractivity contribution in [3.63, 3.8) is 0 Å². The average Bonchev–Trinajstić information content (AvgIpc) is 3.17. The van der Waals surface area contributed by atoms with E-state index in [1.807, 2.05) is 24.3 Å². The van der Waals surface area contributed by atoms with Gasteiger partial charge in [0.25, 0.3) is 0 Å². The topological polar surface area (TPSA) is 68.0 Å². The highest BCUT2D eigenvalue weighted by atomic mass is 79.9. The predicted molar refractivity (Wildman–Crippen MR) is 113 cm³/mol. The second-order valence-corrected chi connectivity index (χ2v) is 8.37. The predicted octanol–water partition coefficient (Wildman–Crippen LogP) is 5.46. The fraction of sp³-hybridized carbons (Fsp3) is 0.250. The molecule has 0 saturated carbocycles. The van der Waals surface area contributed by atoms with Crippen LogP contribution in [0.4, 0.5) is 10.1 Å². The first kappa shape index (κ1) is 20.5. The van der Waals surface area contributed by atoms with E-state index in [1.54, 1.807) is 13.0 Å². The Labute approximate surface area is 175 Å². The van der Waals surface area contributed by atoms with Crippen LogP contribution in [0.2, 0.25) is 0 Å².